The highest BCUT2D eigenvalue weighted by Gasteiger charge is 2.27. The molecule has 1 atom stereocenters. The molecule has 6 heteroatoms. The Balaban J connectivity index is 1.64. The van der Waals surface area contributed by atoms with Gasteiger partial charge in [0.05, 0.1) is 11.3 Å². The lowest BCUT2D eigenvalue weighted by Crippen LogP contribution is -2.34. The Morgan fingerprint density at radius 2 is 1.79 bits per heavy atom. The summed E-state index contributed by atoms with van der Waals surface area (Å²) in [6.07, 6.45) is 1.55. The lowest BCUT2D eigenvalue weighted by atomic mass is 10.1. The molecule has 0 radical (unpaired) electrons. The molecule has 148 valence electrons. The lowest BCUT2D eigenvalue weighted by Gasteiger charge is -2.24. The highest BCUT2D eigenvalue weighted by molar-refractivity contribution is 6.31. The van der Waals surface area contributed by atoms with Crippen LogP contribution in [0.25, 0.3) is 5.57 Å². The van der Waals surface area contributed by atoms with Crippen LogP contribution in [0.1, 0.15) is 26.3 Å². The summed E-state index contributed by atoms with van der Waals surface area (Å²) in [5.41, 5.74) is 2.96. The molecule has 0 fully saturated rings. The zero-order valence-electron chi connectivity index (χ0n) is 16.6. The number of hydrogen-bond acceptors (Lipinski definition) is 4. The monoisotopic (exact) mass is 382 g/mol. The molecule has 1 amide bonds. The van der Waals surface area contributed by atoms with Gasteiger partial charge in [-0.15, -0.1) is 0 Å². The molecule has 3 rings (SSSR count). The molecule has 0 saturated carbocycles. The number of fused-ring (bicyclic) bond motifs is 1. The van der Waals surface area contributed by atoms with E-state index in [2.05, 4.69) is 41.6 Å². The minimum Gasteiger partial charge on any atom is -0.381 e. The number of likely N-dealkylation sites (N-methyl/N-ethyl adjacent to an activating group) is 1. The Morgan fingerprint density at radius 3 is 2.46 bits per heavy atom. The van der Waals surface area contributed by atoms with E-state index in [1.165, 1.54) is 6.07 Å². The summed E-state index contributed by atoms with van der Waals surface area (Å²) in [6, 6.07) is 12.8. The maximum atomic E-state index is 14.1. The summed E-state index contributed by atoms with van der Waals surface area (Å²) in [4.78, 5) is 14.5. The maximum Gasteiger partial charge on any atom is 0.257 e. The number of hydrogen-bond donors (Lipinski definition) is 3. The van der Waals surface area contributed by atoms with Gasteiger partial charge < -0.3 is 20.9 Å². The topological polar surface area (TPSA) is 56.4 Å². The van der Waals surface area contributed by atoms with E-state index in [-0.39, 0.29) is 5.91 Å². The molecular weight excluding hydrogens is 355 g/mol. The Labute approximate surface area is 165 Å². The van der Waals surface area contributed by atoms with Gasteiger partial charge in [-0.1, -0.05) is 19.9 Å². The van der Waals surface area contributed by atoms with E-state index in [4.69, 9.17) is 0 Å². The normalized spacial score (nSPS) is 15.5. The van der Waals surface area contributed by atoms with E-state index in [1.54, 1.807) is 18.3 Å². The largest absolute Gasteiger partial charge is 0.381 e. The number of nitrogens with one attached hydrogen (secondary N) is 3. The third-order valence-corrected chi connectivity index (χ3v) is 4.88. The van der Waals surface area contributed by atoms with Crippen molar-refractivity contribution in [1.29, 1.82) is 0 Å². The molecule has 1 heterocycles. The average Bonchev–Trinajstić information content (AvgIpc) is 3.02. The Hall–Kier alpha value is -2.86. The average molecular weight is 382 g/mol. The van der Waals surface area contributed by atoms with E-state index in [0.29, 0.717) is 22.9 Å². The van der Waals surface area contributed by atoms with Crippen molar-refractivity contribution >= 4 is 28.5 Å². The Morgan fingerprint density at radius 1 is 1.11 bits per heavy atom. The Kier molecular flexibility index (Phi) is 6.31. The van der Waals surface area contributed by atoms with Gasteiger partial charge in [0.2, 0.25) is 0 Å². The van der Waals surface area contributed by atoms with Crippen molar-refractivity contribution in [2.24, 2.45) is 0 Å². The molecule has 2 aromatic rings. The minimum atomic E-state index is -0.411. The zero-order valence-corrected chi connectivity index (χ0v) is 16.6. The fourth-order valence-electron chi connectivity index (χ4n) is 3.36. The first-order valence-corrected chi connectivity index (χ1v) is 9.67. The van der Waals surface area contributed by atoms with Crippen molar-refractivity contribution in [3.05, 3.63) is 60.0 Å². The van der Waals surface area contributed by atoms with E-state index in [0.717, 1.165) is 31.0 Å². The van der Waals surface area contributed by atoms with Crippen LogP contribution in [-0.2, 0) is 4.79 Å². The van der Waals surface area contributed by atoms with Crippen molar-refractivity contribution in [1.82, 2.24) is 4.90 Å². The van der Waals surface area contributed by atoms with Gasteiger partial charge in [0.25, 0.3) is 5.91 Å². The van der Waals surface area contributed by atoms with Crippen LogP contribution < -0.4 is 16.0 Å². The van der Waals surface area contributed by atoms with Crippen molar-refractivity contribution in [3.63, 3.8) is 0 Å². The molecule has 3 N–H and O–H groups in total. The number of benzene rings is 2. The highest BCUT2D eigenvalue weighted by Crippen LogP contribution is 2.33. The Bertz CT molecular complexity index is 859. The number of halogens is 1. The van der Waals surface area contributed by atoms with Crippen LogP contribution in [0.2, 0.25) is 0 Å². The lowest BCUT2D eigenvalue weighted by molar-refractivity contribution is -0.110. The van der Waals surface area contributed by atoms with Crippen molar-refractivity contribution in [2.75, 3.05) is 35.6 Å². The summed E-state index contributed by atoms with van der Waals surface area (Å²) in [7, 11) is 0. The van der Waals surface area contributed by atoms with Gasteiger partial charge in [-0.05, 0) is 56.4 Å². The van der Waals surface area contributed by atoms with Gasteiger partial charge in [0.15, 0.2) is 0 Å². The number of nitrogens with zero attached hydrogens (tertiary/aromatic N) is 1. The molecule has 1 unspecified atom stereocenters. The second-order valence-corrected chi connectivity index (χ2v) is 6.93. The first kappa shape index (κ1) is 19.9. The number of carbonyl (C=O) groups excluding carboxylic acids is 1. The van der Waals surface area contributed by atoms with Gasteiger partial charge in [-0.2, -0.15) is 0 Å². The molecule has 1 aliphatic heterocycles. The van der Waals surface area contributed by atoms with Gasteiger partial charge >= 0.3 is 0 Å². The van der Waals surface area contributed by atoms with Crippen LogP contribution in [0.4, 0.5) is 21.5 Å². The van der Waals surface area contributed by atoms with Crippen LogP contribution in [0.3, 0.4) is 0 Å². The molecule has 2 aromatic carbocycles. The van der Waals surface area contributed by atoms with E-state index in [1.807, 2.05) is 24.3 Å². The maximum absolute atomic E-state index is 14.1. The number of carbonyl (C=O) groups is 1. The molecule has 0 spiro atoms. The van der Waals surface area contributed by atoms with E-state index in [9.17, 15) is 9.18 Å². The van der Waals surface area contributed by atoms with Crippen LogP contribution >= 0.6 is 0 Å². The number of rotatable bonds is 8. The second kappa shape index (κ2) is 8.89. The fraction of sp³-hybridized carbons (Fsp3) is 0.318. The summed E-state index contributed by atoms with van der Waals surface area (Å²) >= 11 is 0. The third-order valence-electron chi connectivity index (χ3n) is 4.88. The van der Waals surface area contributed by atoms with Gasteiger partial charge in [0.1, 0.15) is 5.82 Å². The molecule has 0 aliphatic carbocycles. The first-order chi connectivity index (χ1) is 13.5. The fourth-order valence-corrected chi connectivity index (χ4v) is 3.36. The first-order valence-electron chi connectivity index (χ1n) is 9.67. The molecular formula is C22H27FN4O. The third kappa shape index (κ3) is 4.51. The van der Waals surface area contributed by atoms with Crippen LogP contribution in [0.15, 0.2) is 48.7 Å². The minimum absolute atomic E-state index is 0.295. The van der Waals surface area contributed by atoms with Crippen molar-refractivity contribution in [2.45, 2.75) is 26.8 Å². The number of amides is 1. The quantitative estimate of drug-likeness (QED) is 0.594. The smallest absolute Gasteiger partial charge is 0.257 e. The van der Waals surface area contributed by atoms with Gasteiger partial charge in [-0.25, -0.2) is 4.39 Å². The molecule has 1 aliphatic rings. The summed E-state index contributed by atoms with van der Waals surface area (Å²) in [6.45, 7) is 9.56. The summed E-state index contributed by atoms with van der Waals surface area (Å²) in [5, 5.41) is 9.26. The van der Waals surface area contributed by atoms with Crippen LogP contribution in [-0.4, -0.2) is 36.5 Å². The number of anilines is 3. The molecule has 5 nitrogen and oxygen atoms in total. The second-order valence-electron chi connectivity index (χ2n) is 6.93. The molecule has 0 saturated heterocycles. The zero-order chi connectivity index (χ0) is 20.1. The summed E-state index contributed by atoms with van der Waals surface area (Å²) < 4.78 is 14.1. The van der Waals surface area contributed by atoms with Crippen LogP contribution in [0, 0.1) is 5.82 Å². The highest BCUT2D eigenvalue weighted by atomic mass is 19.1. The van der Waals surface area contributed by atoms with Crippen LogP contribution in [0.5, 0.6) is 0 Å². The predicted octanol–water partition coefficient (Wildman–Crippen LogP) is 4.37. The van der Waals surface area contributed by atoms with E-state index < -0.39 is 5.82 Å². The van der Waals surface area contributed by atoms with Crippen molar-refractivity contribution < 1.29 is 9.18 Å². The SMILES string of the molecule is CCN(CC)CC(C)Nc1ccc(N/C=C2/C(=O)Nc3cccc(F)c32)cc1. The van der Waals surface area contributed by atoms with Gasteiger partial charge in [0, 0.05) is 35.7 Å². The predicted molar refractivity (Wildman–Crippen MR) is 114 cm³/mol. The standard InChI is InChI=1S/C22H27FN4O/c1-4-27(5-2)14-15(3)25-17-11-9-16(10-12-17)24-13-18-21-19(23)7-6-8-20(21)26-22(18)28/h6-13,15,24-25H,4-5,14H2,1-3H3,(H,26,28)/b18-13+. The van der Waals surface area contributed by atoms with E-state index >= 15 is 0 Å². The molecule has 0 bridgehead atoms. The summed E-state index contributed by atoms with van der Waals surface area (Å²) in [5.74, 6) is -0.721. The molecule has 28 heavy (non-hydrogen) atoms. The van der Waals surface area contributed by atoms with Gasteiger partial charge in [-0.3, -0.25) is 4.79 Å². The molecule has 0 aromatic heterocycles. The van der Waals surface area contributed by atoms with Crippen molar-refractivity contribution in [3.8, 4) is 0 Å².